The van der Waals surface area contributed by atoms with E-state index in [1.54, 1.807) is 54.2 Å². The third-order valence-corrected chi connectivity index (χ3v) is 4.34. The maximum Gasteiger partial charge on any atom is 0.248 e. The van der Waals surface area contributed by atoms with Crippen LogP contribution in [0, 0.1) is 6.92 Å². The predicted octanol–water partition coefficient (Wildman–Crippen LogP) is 4.87. The van der Waals surface area contributed by atoms with Crippen molar-refractivity contribution in [2.45, 2.75) is 6.92 Å². The molecule has 3 aromatic rings. The maximum absolute atomic E-state index is 12.1. The van der Waals surface area contributed by atoms with Crippen LogP contribution in [0.3, 0.4) is 0 Å². The fraction of sp³-hybridized carbons (Fsp3) is 0.105. The molecule has 0 saturated carbocycles. The van der Waals surface area contributed by atoms with Crippen LogP contribution in [0.25, 0.3) is 6.08 Å². The summed E-state index contributed by atoms with van der Waals surface area (Å²) in [4.78, 5) is 16.3. The fourth-order valence-electron chi connectivity index (χ4n) is 2.32. The SMILES string of the molecule is Cc1nn(C)c(Cl)c1/C=C/C(=O)Nc1ccc(Oc2ccc(Cl)cc2)nc1. The smallest absolute Gasteiger partial charge is 0.248 e. The van der Waals surface area contributed by atoms with Crippen molar-refractivity contribution in [1.82, 2.24) is 14.8 Å². The molecule has 0 aliphatic rings. The summed E-state index contributed by atoms with van der Waals surface area (Å²) in [5, 5.41) is 8.02. The Labute approximate surface area is 166 Å². The molecule has 2 aromatic heterocycles. The van der Waals surface area contributed by atoms with Gasteiger partial charge in [-0.25, -0.2) is 4.98 Å². The highest BCUT2D eigenvalue weighted by Gasteiger charge is 2.08. The predicted molar refractivity (Wildman–Crippen MR) is 106 cm³/mol. The molecule has 0 atom stereocenters. The zero-order valence-electron chi connectivity index (χ0n) is 14.6. The zero-order valence-corrected chi connectivity index (χ0v) is 16.1. The first kappa shape index (κ1) is 18.9. The number of hydrogen-bond acceptors (Lipinski definition) is 4. The summed E-state index contributed by atoms with van der Waals surface area (Å²) in [5.41, 5.74) is 2.00. The molecule has 138 valence electrons. The molecular weight excluding hydrogens is 387 g/mol. The van der Waals surface area contributed by atoms with E-state index in [4.69, 9.17) is 27.9 Å². The molecule has 0 aliphatic carbocycles. The summed E-state index contributed by atoms with van der Waals surface area (Å²) in [6, 6.07) is 10.3. The van der Waals surface area contributed by atoms with Gasteiger partial charge in [-0.05, 0) is 43.3 Å². The summed E-state index contributed by atoms with van der Waals surface area (Å²) in [6.07, 6.45) is 4.54. The highest BCUT2D eigenvalue weighted by Crippen LogP contribution is 2.23. The van der Waals surface area contributed by atoms with Crippen molar-refractivity contribution in [3.63, 3.8) is 0 Å². The molecule has 1 amide bonds. The Morgan fingerprint density at radius 2 is 1.93 bits per heavy atom. The average molecular weight is 403 g/mol. The van der Waals surface area contributed by atoms with Crippen molar-refractivity contribution in [3.05, 3.63) is 70.1 Å². The number of rotatable bonds is 5. The molecule has 8 heteroatoms. The van der Waals surface area contributed by atoms with Gasteiger partial charge in [-0.15, -0.1) is 0 Å². The van der Waals surface area contributed by atoms with Crippen molar-refractivity contribution in [3.8, 4) is 11.6 Å². The van der Waals surface area contributed by atoms with Crippen molar-refractivity contribution < 1.29 is 9.53 Å². The minimum atomic E-state index is -0.303. The second-order valence-electron chi connectivity index (χ2n) is 5.68. The Balaban J connectivity index is 1.61. The molecule has 27 heavy (non-hydrogen) atoms. The largest absolute Gasteiger partial charge is 0.439 e. The lowest BCUT2D eigenvalue weighted by Crippen LogP contribution is -2.08. The average Bonchev–Trinajstić information content (AvgIpc) is 2.89. The second-order valence-corrected chi connectivity index (χ2v) is 6.47. The second kappa shape index (κ2) is 8.24. The molecule has 0 radical (unpaired) electrons. The summed E-state index contributed by atoms with van der Waals surface area (Å²) in [7, 11) is 1.74. The quantitative estimate of drug-likeness (QED) is 0.617. The van der Waals surface area contributed by atoms with Gasteiger partial charge in [0.25, 0.3) is 0 Å². The molecule has 1 N–H and O–H groups in total. The number of aryl methyl sites for hydroxylation is 2. The Hall–Kier alpha value is -2.83. The van der Waals surface area contributed by atoms with E-state index in [-0.39, 0.29) is 5.91 Å². The van der Waals surface area contributed by atoms with E-state index in [2.05, 4.69) is 15.4 Å². The number of nitrogens with one attached hydrogen (secondary N) is 1. The van der Waals surface area contributed by atoms with E-state index in [1.165, 1.54) is 12.3 Å². The van der Waals surface area contributed by atoms with Gasteiger partial charge >= 0.3 is 0 Å². The van der Waals surface area contributed by atoms with E-state index in [9.17, 15) is 4.79 Å². The van der Waals surface area contributed by atoms with Gasteiger partial charge in [-0.2, -0.15) is 5.10 Å². The van der Waals surface area contributed by atoms with Crippen molar-refractivity contribution in [1.29, 1.82) is 0 Å². The van der Waals surface area contributed by atoms with E-state index in [0.717, 1.165) is 5.69 Å². The van der Waals surface area contributed by atoms with Crippen molar-refractivity contribution in [2.75, 3.05) is 5.32 Å². The molecule has 0 aliphatic heterocycles. The molecule has 3 rings (SSSR count). The van der Waals surface area contributed by atoms with E-state index in [0.29, 0.717) is 33.1 Å². The minimum Gasteiger partial charge on any atom is -0.439 e. The lowest BCUT2D eigenvalue weighted by Gasteiger charge is -2.06. The van der Waals surface area contributed by atoms with Gasteiger partial charge in [-0.3, -0.25) is 9.48 Å². The number of hydrogen-bond donors (Lipinski definition) is 1. The first-order valence-electron chi connectivity index (χ1n) is 8.00. The van der Waals surface area contributed by atoms with Crippen LogP contribution in [0.2, 0.25) is 10.2 Å². The third kappa shape index (κ3) is 4.87. The number of carbonyl (C=O) groups excluding carboxylic acids is 1. The van der Waals surface area contributed by atoms with E-state index < -0.39 is 0 Å². The molecule has 0 spiro atoms. The first-order chi connectivity index (χ1) is 12.9. The van der Waals surface area contributed by atoms with Crippen molar-refractivity contribution >= 4 is 40.9 Å². The number of anilines is 1. The lowest BCUT2D eigenvalue weighted by atomic mass is 10.2. The highest BCUT2D eigenvalue weighted by atomic mass is 35.5. The van der Waals surface area contributed by atoms with Gasteiger partial charge in [0, 0.05) is 29.8 Å². The topological polar surface area (TPSA) is 69.0 Å². The Bertz CT molecular complexity index is 980. The monoisotopic (exact) mass is 402 g/mol. The number of halogens is 2. The van der Waals surface area contributed by atoms with Crippen LogP contribution in [0.5, 0.6) is 11.6 Å². The number of nitrogens with zero attached hydrogens (tertiary/aromatic N) is 3. The minimum absolute atomic E-state index is 0.303. The summed E-state index contributed by atoms with van der Waals surface area (Å²) >= 11 is 12.0. The van der Waals surface area contributed by atoms with Gasteiger partial charge in [0.15, 0.2) is 0 Å². The molecule has 2 heterocycles. The van der Waals surface area contributed by atoms with Crippen LogP contribution >= 0.6 is 23.2 Å². The number of amides is 1. The first-order valence-corrected chi connectivity index (χ1v) is 8.75. The van der Waals surface area contributed by atoms with Gasteiger partial charge in [0.1, 0.15) is 10.9 Å². The normalized spacial score (nSPS) is 11.0. The third-order valence-electron chi connectivity index (χ3n) is 3.64. The molecular formula is C19H16Cl2N4O2. The summed E-state index contributed by atoms with van der Waals surface area (Å²) in [5.74, 6) is 0.724. The molecule has 6 nitrogen and oxygen atoms in total. The van der Waals surface area contributed by atoms with E-state index in [1.807, 2.05) is 6.92 Å². The van der Waals surface area contributed by atoms with Crippen LogP contribution in [-0.2, 0) is 11.8 Å². The van der Waals surface area contributed by atoms with Crippen molar-refractivity contribution in [2.24, 2.45) is 7.05 Å². The van der Waals surface area contributed by atoms with E-state index >= 15 is 0 Å². The van der Waals surface area contributed by atoms with Gasteiger partial charge in [0.2, 0.25) is 11.8 Å². The summed E-state index contributed by atoms with van der Waals surface area (Å²) < 4.78 is 7.16. The summed E-state index contributed by atoms with van der Waals surface area (Å²) in [6.45, 7) is 1.83. The van der Waals surface area contributed by atoms with Crippen LogP contribution in [-0.4, -0.2) is 20.7 Å². The standard InChI is InChI=1S/C19H16Cl2N4O2/c1-12-16(19(21)25(2)24-12)8-9-17(26)23-14-5-10-18(22-11-14)27-15-6-3-13(20)4-7-15/h3-11H,1-2H3,(H,23,26)/b9-8+. The maximum atomic E-state index is 12.1. The number of benzene rings is 1. The van der Waals surface area contributed by atoms with Gasteiger partial charge < -0.3 is 10.1 Å². The molecule has 0 bridgehead atoms. The Morgan fingerprint density at radius 3 is 2.52 bits per heavy atom. The number of carbonyl (C=O) groups is 1. The van der Waals surface area contributed by atoms with Crippen LogP contribution in [0.4, 0.5) is 5.69 Å². The van der Waals surface area contributed by atoms with Gasteiger partial charge in [-0.1, -0.05) is 23.2 Å². The molecule has 0 fully saturated rings. The molecule has 0 saturated heterocycles. The number of aromatic nitrogens is 3. The van der Waals surface area contributed by atoms with Crippen LogP contribution in [0.15, 0.2) is 48.7 Å². The Kier molecular flexibility index (Phi) is 5.78. The zero-order chi connectivity index (χ0) is 19.4. The Morgan fingerprint density at radius 1 is 1.19 bits per heavy atom. The number of pyridine rings is 1. The molecule has 1 aromatic carbocycles. The van der Waals surface area contributed by atoms with Crippen LogP contribution in [0.1, 0.15) is 11.3 Å². The lowest BCUT2D eigenvalue weighted by molar-refractivity contribution is -0.111. The molecule has 0 unspecified atom stereocenters. The van der Waals surface area contributed by atoms with Crippen LogP contribution < -0.4 is 10.1 Å². The fourth-order valence-corrected chi connectivity index (χ4v) is 2.68. The van der Waals surface area contributed by atoms with Gasteiger partial charge in [0.05, 0.1) is 17.6 Å². The highest BCUT2D eigenvalue weighted by molar-refractivity contribution is 6.31. The number of ether oxygens (including phenoxy) is 1.